The number of para-hydroxylation sites is 1. The molecule has 0 bridgehead atoms. The van der Waals surface area contributed by atoms with E-state index in [0.717, 1.165) is 12.8 Å². The molecule has 1 rings (SSSR count). The summed E-state index contributed by atoms with van der Waals surface area (Å²) in [6, 6.07) is 8.15. The second-order valence-electron chi connectivity index (χ2n) is 4.33. The van der Waals surface area contributed by atoms with Crippen LogP contribution in [0.25, 0.3) is 0 Å². The molecule has 1 atom stereocenters. The summed E-state index contributed by atoms with van der Waals surface area (Å²) >= 11 is 0. The van der Waals surface area contributed by atoms with Crippen LogP contribution in [0.2, 0.25) is 0 Å². The van der Waals surface area contributed by atoms with E-state index >= 15 is 0 Å². The number of carboxylic acids is 1. The van der Waals surface area contributed by atoms with Gasteiger partial charge in [-0.2, -0.15) is 0 Å². The standard InChI is InChI=1S/C14H20N2O4/c1-2-3-9-12(14(18)19)15-16-13(17)10-20-11-7-5-4-6-8-11/h4-8,12,15H,2-3,9-10H2,1H3,(H,16,17)(H,18,19)/t12-/m0/s1. The summed E-state index contributed by atoms with van der Waals surface area (Å²) in [4.78, 5) is 22.5. The number of aliphatic carboxylic acids is 1. The molecule has 1 aromatic rings. The molecule has 1 amide bonds. The van der Waals surface area contributed by atoms with Crippen LogP contribution in [0.5, 0.6) is 5.75 Å². The van der Waals surface area contributed by atoms with Gasteiger partial charge in [0.25, 0.3) is 5.91 Å². The minimum absolute atomic E-state index is 0.170. The van der Waals surface area contributed by atoms with Crippen LogP contribution in [0, 0.1) is 0 Å². The third kappa shape index (κ3) is 6.19. The van der Waals surface area contributed by atoms with Gasteiger partial charge in [0, 0.05) is 0 Å². The van der Waals surface area contributed by atoms with Gasteiger partial charge in [-0.25, -0.2) is 5.43 Å². The summed E-state index contributed by atoms with van der Waals surface area (Å²) in [7, 11) is 0. The predicted octanol–water partition coefficient (Wildman–Crippen LogP) is 1.33. The molecule has 0 aliphatic rings. The van der Waals surface area contributed by atoms with Gasteiger partial charge in [-0.15, -0.1) is 0 Å². The minimum atomic E-state index is -0.984. The van der Waals surface area contributed by atoms with E-state index in [1.54, 1.807) is 24.3 Å². The highest BCUT2D eigenvalue weighted by Crippen LogP contribution is 2.07. The maximum Gasteiger partial charge on any atom is 0.322 e. The Morgan fingerprint density at radius 3 is 2.60 bits per heavy atom. The van der Waals surface area contributed by atoms with E-state index in [1.807, 2.05) is 13.0 Å². The Labute approximate surface area is 118 Å². The van der Waals surface area contributed by atoms with Gasteiger partial charge in [-0.05, 0) is 18.6 Å². The van der Waals surface area contributed by atoms with Gasteiger partial charge in [0.05, 0.1) is 0 Å². The topological polar surface area (TPSA) is 87.7 Å². The van der Waals surface area contributed by atoms with E-state index in [0.29, 0.717) is 12.2 Å². The van der Waals surface area contributed by atoms with Gasteiger partial charge in [0.2, 0.25) is 0 Å². The summed E-state index contributed by atoms with van der Waals surface area (Å²) in [6.45, 7) is 1.81. The highest BCUT2D eigenvalue weighted by atomic mass is 16.5. The van der Waals surface area contributed by atoms with Crippen molar-refractivity contribution in [3.8, 4) is 5.75 Å². The van der Waals surface area contributed by atoms with Gasteiger partial charge < -0.3 is 9.84 Å². The zero-order chi connectivity index (χ0) is 14.8. The number of rotatable bonds is 9. The van der Waals surface area contributed by atoms with E-state index in [1.165, 1.54) is 0 Å². The average Bonchev–Trinajstić information content (AvgIpc) is 2.46. The number of unbranched alkanes of at least 4 members (excludes halogenated alkanes) is 1. The van der Waals surface area contributed by atoms with Crippen molar-refractivity contribution < 1.29 is 19.4 Å². The van der Waals surface area contributed by atoms with E-state index < -0.39 is 17.9 Å². The Bertz CT molecular complexity index is 422. The first-order valence-corrected chi connectivity index (χ1v) is 6.58. The number of ether oxygens (including phenoxy) is 1. The summed E-state index contributed by atoms with van der Waals surface area (Å²) in [5.41, 5.74) is 4.86. The number of hydrogen-bond acceptors (Lipinski definition) is 4. The van der Waals surface area contributed by atoms with Crippen molar-refractivity contribution in [2.75, 3.05) is 6.61 Å². The molecular weight excluding hydrogens is 260 g/mol. The lowest BCUT2D eigenvalue weighted by atomic mass is 10.1. The fourth-order valence-corrected chi connectivity index (χ4v) is 1.53. The van der Waals surface area contributed by atoms with Crippen LogP contribution in [-0.2, 0) is 9.59 Å². The van der Waals surface area contributed by atoms with Crippen molar-refractivity contribution in [1.29, 1.82) is 0 Å². The highest BCUT2D eigenvalue weighted by Gasteiger charge is 2.16. The Morgan fingerprint density at radius 1 is 1.30 bits per heavy atom. The maximum atomic E-state index is 11.5. The first kappa shape index (κ1) is 16.0. The van der Waals surface area contributed by atoms with Crippen molar-refractivity contribution >= 4 is 11.9 Å². The SMILES string of the molecule is CCCC[C@H](NNC(=O)COc1ccccc1)C(=O)O. The molecule has 0 saturated heterocycles. The van der Waals surface area contributed by atoms with Crippen molar-refractivity contribution in [1.82, 2.24) is 10.9 Å². The van der Waals surface area contributed by atoms with Gasteiger partial charge in [-0.3, -0.25) is 15.0 Å². The summed E-state index contributed by atoms with van der Waals surface area (Å²) in [6.07, 6.45) is 2.14. The largest absolute Gasteiger partial charge is 0.484 e. The van der Waals surface area contributed by atoms with Crippen LogP contribution in [-0.4, -0.2) is 29.6 Å². The summed E-state index contributed by atoms with van der Waals surface area (Å²) in [5.74, 6) is -0.817. The lowest BCUT2D eigenvalue weighted by Crippen LogP contribution is -2.49. The highest BCUT2D eigenvalue weighted by molar-refractivity contribution is 5.78. The lowest BCUT2D eigenvalue weighted by molar-refractivity contribution is -0.140. The molecule has 0 unspecified atom stereocenters. The first-order chi connectivity index (χ1) is 9.63. The molecule has 0 fully saturated rings. The number of carbonyl (C=O) groups is 2. The zero-order valence-electron chi connectivity index (χ0n) is 11.5. The number of benzene rings is 1. The molecule has 0 spiro atoms. The van der Waals surface area contributed by atoms with Gasteiger partial charge >= 0.3 is 5.97 Å². The number of carbonyl (C=O) groups excluding carboxylic acids is 1. The third-order valence-corrected chi connectivity index (χ3v) is 2.64. The van der Waals surface area contributed by atoms with Gasteiger partial charge in [-0.1, -0.05) is 38.0 Å². The van der Waals surface area contributed by atoms with Crippen LogP contribution >= 0.6 is 0 Å². The van der Waals surface area contributed by atoms with Crippen molar-refractivity contribution in [3.63, 3.8) is 0 Å². The smallest absolute Gasteiger partial charge is 0.322 e. The van der Waals surface area contributed by atoms with Gasteiger partial charge in [0.1, 0.15) is 11.8 Å². The molecule has 0 aliphatic heterocycles. The molecule has 20 heavy (non-hydrogen) atoms. The predicted molar refractivity (Wildman–Crippen MR) is 74.2 cm³/mol. The molecule has 0 aromatic heterocycles. The van der Waals surface area contributed by atoms with Crippen molar-refractivity contribution in [3.05, 3.63) is 30.3 Å². The quantitative estimate of drug-likeness (QED) is 0.594. The van der Waals surface area contributed by atoms with Crippen molar-refractivity contribution in [2.45, 2.75) is 32.2 Å². The molecule has 6 heteroatoms. The van der Waals surface area contributed by atoms with Crippen LogP contribution < -0.4 is 15.6 Å². The molecule has 3 N–H and O–H groups in total. The van der Waals surface area contributed by atoms with E-state index in [-0.39, 0.29) is 6.61 Å². The van der Waals surface area contributed by atoms with E-state index in [2.05, 4.69) is 10.9 Å². The Morgan fingerprint density at radius 2 is 2.00 bits per heavy atom. The Hall–Kier alpha value is -2.08. The number of hydrazine groups is 1. The lowest BCUT2D eigenvalue weighted by Gasteiger charge is -2.15. The summed E-state index contributed by atoms with van der Waals surface area (Å²) in [5, 5.41) is 8.98. The fraction of sp³-hybridized carbons (Fsp3) is 0.429. The second kappa shape index (κ2) is 8.92. The van der Waals surface area contributed by atoms with E-state index in [4.69, 9.17) is 9.84 Å². The molecular formula is C14H20N2O4. The van der Waals surface area contributed by atoms with E-state index in [9.17, 15) is 9.59 Å². The number of nitrogens with one attached hydrogen (secondary N) is 2. The molecule has 1 aromatic carbocycles. The van der Waals surface area contributed by atoms with Crippen LogP contribution in [0.1, 0.15) is 26.2 Å². The van der Waals surface area contributed by atoms with Gasteiger partial charge in [0.15, 0.2) is 6.61 Å². The second-order valence-corrected chi connectivity index (χ2v) is 4.33. The monoisotopic (exact) mass is 280 g/mol. The molecule has 0 heterocycles. The Kier molecular flexibility index (Phi) is 7.13. The molecule has 0 aliphatic carbocycles. The summed E-state index contributed by atoms with van der Waals surface area (Å²) < 4.78 is 5.24. The van der Waals surface area contributed by atoms with Crippen molar-refractivity contribution in [2.24, 2.45) is 0 Å². The van der Waals surface area contributed by atoms with Crippen LogP contribution in [0.3, 0.4) is 0 Å². The third-order valence-electron chi connectivity index (χ3n) is 2.64. The molecule has 6 nitrogen and oxygen atoms in total. The number of amides is 1. The van der Waals surface area contributed by atoms with Crippen LogP contribution in [0.15, 0.2) is 30.3 Å². The maximum absolute atomic E-state index is 11.5. The average molecular weight is 280 g/mol. The van der Waals surface area contributed by atoms with Crippen LogP contribution in [0.4, 0.5) is 0 Å². The minimum Gasteiger partial charge on any atom is -0.484 e. The zero-order valence-corrected chi connectivity index (χ0v) is 11.5. The fourth-order valence-electron chi connectivity index (χ4n) is 1.53. The Balaban J connectivity index is 2.29. The number of carboxylic acid groups (broad SMARTS) is 1. The molecule has 0 saturated carbocycles. The first-order valence-electron chi connectivity index (χ1n) is 6.58. The molecule has 110 valence electrons. The number of hydrogen-bond donors (Lipinski definition) is 3. The molecule has 0 radical (unpaired) electrons. The normalized spacial score (nSPS) is 11.7.